The van der Waals surface area contributed by atoms with Crippen LogP contribution in [-0.4, -0.2) is 165 Å². The number of primary amides is 1. The number of β-amino-alcohol motifs (C(OH)–C–C–N with tert-alkyl or cyclic N) is 1. The minimum atomic E-state index is -1.63. The second-order valence-electron chi connectivity index (χ2n) is 23.4. The van der Waals surface area contributed by atoms with Crippen molar-refractivity contribution in [3.63, 3.8) is 0 Å². The number of aliphatic hydroxyl groups is 1. The van der Waals surface area contributed by atoms with Gasteiger partial charge in [0.1, 0.15) is 47.8 Å². The lowest BCUT2D eigenvalue weighted by molar-refractivity contribution is -0.141. The molecule has 2 fully saturated rings. The Bertz CT molecular complexity index is 2820. The largest absolute Gasteiger partial charge is 0.391 e. The van der Waals surface area contributed by atoms with E-state index in [1.54, 1.807) is 13.0 Å². The molecule has 0 aliphatic carbocycles. The fourth-order valence-corrected chi connectivity index (χ4v) is 12.8. The lowest BCUT2D eigenvalue weighted by Crippen LogP contribution is -2.67. The third kappa shape index (κ3) is 19.8. The molecule has 6 rings (SSSR count). The van der Waals surface area contributed by atoms with Gasteiger partial charge in [-0.15, -0.1) is 0 Å². The van der Waals surface area contributed by atoms with Gasteiger partial charge in [0.25, 0.3) is 0 Å². The Morgan fingerprint density at radius 1 is 0.882 bits per heavy atom. The monoisotopic (exact) mass is 1240 g/mol. The first-order chi connectivity index (χ1) is 40.5. The van der Waals surface area contributed by atoms with E-state index in [9.17, 15) is 48.3 Å². The number of ether oxygens (including phenoxy) is 1. The predicted molar refractivity (Wildman–Crippen MR) is 327 cm³/mol. The number of nitrogens with two attached hydrogens (primary N) is 2. The van der Waals surface area contributed by atoms with Crippen molar-refractivity contribution in [3.8, 4) is 0 Å². The molecule has 3 aliphatic heterocycles. The van der Waals surface area contributed by atoms with Crippen molar-refractivity contribution in [3.05, 3.63) is 64.6 Å². The minimum Gasteiger partial charge on any atom is -0.391 e. The Morgan fingerprint density at radius 2 is 1.59 bits per heavy atom. The number of H-pyrrole nitrogens is 1. The van der Waals surface area contributed by atoms with E-state index < -0.39 is 107 Å². The van der Waals surface area contributed by atoms with E-state index >= 15 is 0 Å². The van der Waals surface area contributed by atoms with Gasteiger partial charge in [0, 0.05) is 90.6 Å². The first kappa shape index (κ1) is 68.1. The summed E-state index contributed by atoms with van der Waals surface area (Å²) in [5.41, 5.74) is 13.0. The van der Waals surface area contributed by atoms with Crippen molar-refractivity contribution in [2.45, 2.75) is 178 Å². The highest BCUT2D eigenvalue weighted by atomic mass is 35.5. The molecule has 468 valence electrons. The zero-order chi connectivity index (χ0) is 62.0. The van der Waals surface area contributed by atoms with E-state index in [0.29, 0.717) is 54.4 Å². The number of halogens is 1. The molecule has 85 heavy (non-hydrogen) atoms. The van der Waals surface area contributed by atoms with Crippen LogP contribution in [0.5, 0.6) is 0 Å². The molecule has 2 bridgehead atoms. The molecule has 2 saturated heterocycles. The van der Waals surface area contributed by atoms with E-state index in [1.807, 2.05) is 71.1 Å². The highest BCUT2D eigenvalue weighted by Gasteiger charge is 2.46. The number of aryl methyl sites for hydroxylation is 1. The summed E-state index contributed by atoms with van der Waals surface area (Å²) in [6.07, 6.45) is 2.95. The number of amides is 9. The summed E-state index contributed by atoms with van der Waals surface area (Å²) in [5, 5.41) is 32.2. The maximum Gasteiger partial charge on any atom is 0.246 e. The molecule has 23 nitrogen and oxygen atoms in total. The number of aromatic amines is 1. The Morgan fingerprint density at radius 3 is 2.25 bits per heavy atom. The minimum absolute atomic E-state index is 0.00525. The number of thioether (sulfide) groups is 2. The Hall–Kier alpha value is -5.99. The Balaban J connectivity index is 1.25. The third-order valence-corrected chi connectivity index (χ3v) is 18.0. The zero-order valence-corrected chi connectivity index (χ0v) is 52.0. The van der Waals surface area contributed by atoms with Gasteiger partial charge in [-0.3, -0.25) is 48.1 Å². The van der Waals surface area contributed by atoms with Crippen LogP contribution in [0.15, 0.2) is 42.6 Å². The molecule has 0 radical (unpaired) electrons. The van der Waals surface area contributed by atoms with Gasteiger partial charge in [-0.1, -0.05) is 65.6 Å². The molecule has 3 aromatic rings. The van der Waals surface area contributed by atoms with Crippen molar-refractivity contribution >= 4 is 99.2 Å². The van der Waals surface area contributed by atoms with Gasteiger partial charge in [-0.25, -0.2) is 0 Å². The molecule has 0 saturated carbocycles. The van der Waals surface area contributed by atoms with Gasteiger partial charge < -0.3 is 68.4 Å². The number of benzene rings is 1. The predicted octanol–water partition coefficient (Wildman–Crippen LogP) is 2.62. The molecular weight excluding hydrogens is 1150 g/mol. The fourth-order valence-electron chi connectivity index (χ4n) is 10.7. The fraction of sp³-hybridized carbons (Fsp3) is 0.627. The molecule has 9 amide bonds. The van der Waals surface area contributed by atoms with Crippen LogP contribution in [-0.2, 0) is 65.8 Å². The molecule has 1 spiro atoms. The third-order valence-electron chi connectivity index (χ3n) is 15.7. The van der Waals surface area contributed by atoms with Crippen LogP contribution >= 0.6 is 35.1 Å². The van der Waals surface area contributed by atoms with Gasteiger partial charge >= 0.3 is 0 Å². The van der Waals surface area contributed by atoms with Crippen molar-refractivity contribution < 1.29 is 53.0 Å². The average Bonchev–Trinajstić information content (AvgIpc) is 3.43. The van der Waals surface area contributed by atoms with E-state index in [4.69, 9.17) is 32.8 Å². The molecular formula is C59H87ClN12O11S2. The molecule has 1 aromatic carbocycles. The molecule has 13 N–H and O–H groups in total. The van der Waals surface area contributed by atoms with Gasteiger partial charge in [0.05, 0.1) is 17.5 Å². The van der Waals surface area contributed by atoms with Gasteiger partial charge in [-0.05, 0) is 98.7 Å². The van der Waals surface area contributed by atoms with Crippen LogP contribution < -0.4 is 48.7 Å². The number of carbonyl (C=O) groups excluding carboxylic acids is 9. The van der Waals surface area contributed by atoms with Crippen molar-refractivity contribution in [2.75, 3.05) is 37.8 Å². The summed E-state index contributed by atoms with van der Waals surface area (Å²) in [7, 11) is 0. The van der Waals surface area contributed by atoms with E-state index in [0.717, 1.165) is 16.5 Å². The lowest BCUT2D eigenvalue weighted by atomic mass is 9.87. The number of fused-ring (bicyclic) bond motifs is 3. The van der Waals surface area contributed by atoms with Gasteiger partial charge in [0.2, 0.25) is 53.2 Å². The number of rotatable bonds is 20. The number of pyridine rings is 1. The summed E-state index contributed by atoms with van der Waals surface area (Å²) < 4.78 is 5.69. The van der Waals surface area contributed by atoms with Crippen LogP contribution in [0.2, 0.25) is 5.02 Å². The first-order valence-electron chi connectivity index (χ1n) is 29.6. The standard InChI is InChI=1S/C59H87ClN12O11S2/c1-7-35(6)50-57(81)67-46(51(62)75)31-84-29-38-11-10-12-39(64-38)30-85-32-47(55(79)71-59(18-21-83-22-19-59)58(82)69-45(24-34(4)5)54(78)70-50)68-53(77)44(23-33(2)3)66-52(76)43(13-8-9-20-61)65-56(80)48-26-40(73)28-72(48)49(74)17-14-36-27-63-42-16-15-37(60)25-41(36)42/h10-12,15-16,25,27,33-35,40,43-48,50,63,73H,7-9,13-14,17-24,26,28-32,61H2,1-6H3,(H2,62,75)(H,65,80)(H,66,76)(H,67,81)(H,68,77)(H,69,82)(H,70,78)(H,71,79)/t35-,40+,43-,44+,45-,46-,47-,48-,50-/m0/s1. The maximum atomic E-state index is 15.0. The molecule has 0 unspecified atom stereocenters. The number of carbonyl (C=O) groups is 9. The summed E-state index contributed by atoms with van der Waals surface area (Å²) >= 11 is 8.88. The molecule has 26 heteroatoms. The number of unbranched alkanes of at least 4 members (excludes halogenated alkanes) is 1. The van der Waals surface area contributed by atoms with Crippen LogP contribution in [0.4, 0.5) is 0 Å². The molecule has 3 aliphatic rings. The van der Waals surface area contributed by atoms with E-state index in [1.165, 1.54) is 28.4 Å². The maximum absolute atomic E-state index is 15.0. The first-order valence-corrected chi connectivity index (χ1v) is 32.2. The van der Waals surface area contributed by atoms with Crippen LogP contribution in [0.3, 0.4) is 0 Å². The molecule has 9 atom stereocenters. The zero-order valence-electron chi connectivity index (χ0n) is 49.6. The Kier molecular flexibility index (Phi) is 26.2. The number of nitrogens with one attached hydrogen (secondary N) is 8. The van der Waals surface area contributed by atoms with Crippen LogP contribution in [0, 0.1) is 17.8 Å². The number of nitrogens with zero attached hydrogens (tertiary/aromatic N) is 2. The summed E-state index contributed by atoms with van der Waals surface area (Å²) in [4.78, 5) is 138. The average molecular weight is 1240 g/mol. The van der Waals surface area contributed by atoms with Gasteiger partial charge in [-0.2, -0.15) is 23.5 Å². The molecule has 2 aromatic heterocycles. The highest BCUT2D eigenvalue weighted by molar-refractivity contribution is 7.98. The van der Waals surface area contributed by atoms with Gasteiger partial charge in [0.15, 0.2) is 0 Å². The number of hydrogen-bond donors (Lipinski definition) is 11. The number of hydrogen-bond acceptors (Lipinski definition) is 15. The lowest BCUT2D eigenvalue weighted by Gasteiger charge is -2.39. The van der Waals surface area contributed by atoms with Crippen LogP contribution in [0.25, 0.3) is 10.9 Å². The second-order valence-corrected chi connectivity index (χ2v) is 25.9. The summed E-state index contributed by atoms with van der Waals surface area (Å²) in [5.74, 6) is -5.82. The number of likely N-dealkylation sites (tertiary alicyclic amines) is 1. The van der Waals surface area contributed by atoms with E-state index in [2.05, 4.69) is 42.2 Å². The normalized spacial score (nSPS) is 23.1. The quantitative estimate of drug-likeness (QED) is 0.0725. The van der Waals surface area contributed by atoms with Crippen molar-refractivity contribution in [1.29, 1.82) is 0 Å². The van der Waals surface area contributed by atoms with Crippen LogP contribution in [0.1, 0.15) is 123 Å². The van der Waals surface area contributed by atoms with E-state index in [-0.39, 0.29) is 99.7 Å². The number of aromatic nitrogens is 2. The summed E-state index contributed by atoms with van der Waals surface area (Å²) in [6.45, 7) is 11.5. The number of aliphatic hydroxyl groups excluding tert-OH is 1. The Labute approximate surface area is 511 Å². The van der Waals surface area contributed by atoms with Crippen molar-refractivity contribution in [2.24, 2.45) is 29.2 Å². The highest BCUT2D eigenvalue weighted by Crippen LogP contribution is 2.27. The smallest absolute Gasteiger partial charge is 0.246 e. The molecule has 5 heterocycles. The second kappa shape index (κ2) is 32.7. The summed E-state index contributed by atoms with van der Waals surface area (Å²) in [6, 6.07) is 2.67. The topological polar surface area (TPSA) is 351 Å². The SMILES string of the molecule is CC[C@H](C)[C@@H]1NC(=O)[C@H](CC(C)C)NC(=O)C2(CCOCC2)NC(=O)[C@@H](NC(=O)[C@@H](CC(C)C)NC(=O)[C@H](CCCCN)NC(=O)[C@@H]2C[C@@H](O)CN2C(=O)CCc2c[nH]c3ccc(Cl)cc23)CSCc2cccc(n2)CSC[C@@H](C(N)=O)NC1=O. The van der Waals surface area contributed by atoms with Crippen molar-refractivity contribution in [1.82, 2.24) is 52.1 Å².